The Kier molecular flexibility index (Phi) is 9.71. The summed E-state index contributed by atoms with van der Waals surface area (Å²) in [6.45, 7) is 0.731. The first-order chi connectivity index (χ1) is 19.4. The maximum atomic E-state index is 12.3. The number of aromatic hydroxyl groups is 1. The van der Waals surface area contributed by atoms with Crippen LogP contribution in [-0.4, -0.2) is 63.0 Å². The number of carbonyl (C=O) groups is 3. The summed E-state index contributed by atoms with van der Waals surface area (Å²) in [6, 6.07) is 19.2. The highest BCUT2D eigenvalue weighted by molar-refractivity contribution is 6.02. The molecular formula is C30H32N2O8. The van der Waals surface area contributed by atoms with Gasteiger partial charge in [-0.3, -0.25) is 14.4 Å². The maximum Gasteiger partial charge on any atom is 0.305 e. The van der Waals surface area contributed by atoms with Gasteiger partial charge in [0.05, 0.1) is 26.0 Å². The summed E-state index contributed by atoms with van der Waals surface area (Å²) in [6.07, 6.45) is 0.730. The molecule has 4 N–H and O–H groups in total. The van der Waals surface area contributed by atoms with Gasteiger partial charge in [0.25, 0.3) is 5.91 Å². The van der Waals surface area contributed by atoms with Crippen LogP contribution >= 0.6 is 0 Å². The van der Waals surface area contributed by atoms with Gasteiger partial charge in [0.15, 0.2) is 5.75 Å². The summed E-state index contributed by atoms with van der Waals surface area (Å²) in [5.74, 6) is -2.07. The van der Waals surface area contributed by atoms with Crippen LogP contribution in [0.15, 0.2) is 60.7 Å². The number of nitrogens with one attached hydrogen (secondary N) is 1. The van der Waals surface area contributed by atoms with Gasteiger partial charge in [0, 0.05) is 18.9 Å². The fourth-order valence-electron chi connectivity index (χ4n) is 4.66. The molecular weight excluding hydrogens is 516 g/mol. The molecule has 0 spiro atoms. The SMILES string of the molecule is COc1ccc(NC(=O)COCCOCCCC(=O)OCC2c3ccccc3-c3ccccc32)c(O)c1C(N)=O. The van der Waals surface area contributed by atoms with E-state index in [0.717, 1.165) is 0 Å². The highest BCUT2D eigenvalue weighted by Crippen LogP contribution is 2.44. The molecule has 3 aromatic carbocycles. The van der Waals surface area contributed by atoms with Crippen LogP contribution in [0.5, 0.6) is 11.5 Å². The van der Waals surface area contributed by atoms with Crippen molar-refractivity contribution in [3.63, 3.8) is 0 Å². The molecule has 1 aliphatic carbocycles. The average Bonchev–Trinajstić information content (AvgIpc) is 3.27. The number of hydrogen-bond acceptors (Lipinski definition) is 8. The van der Waals surface area contributed by atoms with Crippen molar-refractivity contribution in [2.45, 2.75) is 18.8 Å². The third kappa shape index (κ3) is 6.77. The van der Waals surface area contributed by atoms with E-state index in [2.05, 4.69) is 29.6 Å². The van der Waals surface area contributed by atoms with Crippen LogP contribution in [-0.2, 0) is 23.8 Å². The normalized spacial score (nSPS) is 11.9. The minimum absolute atomic E-state index is 0.00712. The Morgan fingerprint density at radius 1 is 0.900 bits per heavy atom. The van der Waals surface area contributed by atoms with E-state index in [1.165, 1.54) is 41.5 Å². The minimum Gasteiger partial charge on any atom is -0.505 e. The first-order valence-corrected chi connectivity index (χ1v) is 12.9. The monoisotopic (exact) mass is 548 g/mol. The van der Waals surface area contributed by atoms with Gasteiger partial charge < -0.3 is 35.1 Å². The van der Waals surface area contributed by atoms with Gasteiger partial charge in [-0.05, 0) is 40.8 Å². The number of primary amides is 1. The lowest BCUT2D eigenvalue weighted by Gasteiger charge is -2.14. The number of ether oxygens (including phenoxy) is 4. The second-order valence-corrected chi connectivity index (χ2v) is 9.13. The van der Waals surface area contributed by atoms with E-state index in [9.17, 15) is 19.5 Å². The summed E-state index contributed by atoms with van der Waals surface area (Å²) in [4.78, 5) is 36.0. The van der Waals surface area contributed by atoms with Crippen LogP contribution in [0.25, 0.3) is 11.1 Å². The summed E-state index contributed by atoms with van der Waals surface area (Å²) < 4.78 is 21.3. The fourth-order valence-corrected chi connectivity index (χ4v) is 4.66. The molecule has 3 aromatic rings. The topological polar surface area (TPSA) is 146 Å². The number of nitrogens with two attached hydrogens (primary N) is 1. The second-order valence-electron chi connectivity index (χ2n) is 9.13. The first kappa shape index (κ1) is 28.6. The van der Waals surface area contributed by atoms with Crippen molar-refractivity contribution in [2.75, 3.05) is 45.5 Å². The van der Waals surface area contributed by atoms with E-state index in [-0.39, 0.29) is 55.1 Å². The fraction of sp³-hybridized carbons (Fsp3) is 0.300. The van der Waals surface area contributed by atoms with Crippen molar-refractivity contribution in [1.82, 2.24) is 0 Å². The molecule has 0 aliphatic heterocycles. The van der Waals surface area contributed by atoms with Crippen molar-refractivity contribution in [1.29, 1.82) is 0 Å². The average molecular weight is 549 g/mol. The molecule has 0 atom stereocenters. The Morgan fingerprint density at radius 2 is 1.55 bits per heavy atom. The van der Waals surface area contributed by atoms with Crippen LogP contribution in [0.4, 0.5) is 5.69 Å². The molecule has 0 unspecified atom stereocenters. The van der Waals surface area contributed by atoms with E-state index >= 15 is 0 Å². The lowest BCUT2D eigenvalue weighted by molar-refractivity contribution is -0.144. The van der Waals surface area contributed by atoms with Crippen molar-refractivity contribution in [3.05, 3.63) is 77.4 Å². The van der Waals surface area contributed by atoms with Gasteiger partial charge in [0.1, 0.15) is 24.5 Å². The summed E-state index contributed by atoms with van der Waals surface area (Å²) in [5, 5.41) is 12.7. The van der Waals surface area contributed by atoms with E-state index in [4.69, 9.17) is 24.7 Å². The highest BCUT2D eigenvalue weighted by atomic mass is 16.5. The van der Waals surface area contributed by atoms with Crippen LogP contribution < -0.4 is 15.8 Å². The van der Waals surface area contributed by atoms with E-state index in [1.54, 1.807) is 0 Å². The number of anilines is 1. The molecule has 0 saturated heterocycles. The molecule has 0 saturated carbocycles. The number of carbonyl (C=O) groups excluding carboxylic acids is 3. The Labute approximate surface area is 232 Å². The van der Waals surface area contributed by atoms with Gasteiger partial charge >= 0.3 is 5.97 Å². The van der Waals surface area contributed by atoms with E-state index in [1.807, 2.05) is 24.3 Å². The lowest BCUT2D eigenvalue weighted by Crippen LogP contribution is -2.21. The summed E-state index contributed by atoms with van der Waals surface area (Å²) in [5.41, 5.74) is 9.76. The van der Waals surface area contributed by atoms with Crippen LogP contribution in [0, 0.1) is 0 Å². The Bertz CT molecular complexity index is 1330. The number of esters is 1. The number of methoxy groups -OCH3 is 1. The summed E-state index contributed by atoms with van der Waals surface area (Å²) in [7, 11) is 1.33. The first-order valence-electron chi connectivity index (χ1n) is 12.9. The molecule has 1 aliphatic rings. The lowest BCUT2D eigenvalue weighted by atomic mass is 9.98. The number of phenols is 1. The zero-order chi connectivity index (χ0) is 28.5. The van der Waals surface area contributed by atoms with Crippen molar-refractivity contribution in [3.8, 4) is 22.6 Å². The molecule has 2 amide bonds. The number of fused-ring (bicyclic) bond motifs is 3. The molecule has 0 bridgehead atoms. The Balaban J connectivity index is 1.09. The second kappa shape index (κ2) is 13.6. The standard InChI is InChI=1S/C30H32N2O8/c1-37-25-13-12-24(29(35)28(25)30(31)36)32-26(33)18-39-16-15-38-14-6-11-27(34)40-17-23-21-9-4-2-7-19(21)20-8-3-5-10-22(20)23/h2-5,7-10,12-13,23,35H,6,11,14-18H2,1H3,(H2,31,36)(H,32,33). The Morgan fingerprint density at radius 3 is 2.20 bits per heavy atom. The number of rotatable bonds is 14. The van der Waals surface area contributed by atoms with Crippen molar-refractivity contribution < 1.29 is 38.4 Å². The molecule has 0 aromatic heterocycles. The predicted octanol–water partition coefficient (Wildman–Crippen LogP) is 3.61. The number of hydrogen-bond donors (Lipinski definition) is 3. The number of benzene rings is 3. The molecule has 4 rings (SSSR count). The van der Waals surface area contributed by atoms with Gasteiger partial charge in [-0.15, -0.1) is 0 Å². The predicted molar refractivity (Wildman–Crippen MR) is 147 cm³/mol. The third-order valence-corrected chi connectivity index (χ3v) is 6.53. The molecule has 40 heavy (non-hydrogen) atoms. The molecule has 0 heterocycles. The van der Waals surface area contributed by atoms with Crippen LogP contribution in [0.1, 0.15) is 40.2 Å². The molecule has 10 heteroatoms. The zero-order valence-corrected chi connectivity index (χ0v) is 22.2. The van der Waals surface area contributed by atoms with Crippen molar-refractivity contribution >= 4 is 23.5 Å². The Hall–Kier alpha value is -4.41. The smallest absolute Gasteiger partial charge is 0.305 e. The van der Waals surface area contributed by atoms with Crippen LogP contribution in [0.2, 0.25) is 0 Å². The summed E-state index contributed by atoms with van der Waals surface area (Å²) >= 11 is 0. The van der Waals surface area contributed by atoms with Gasteiger partial charge in [0.2, 0.25) is 5.91 Å². The third-order valence-electron chi connectivity index (χ3n) is 6.53. The minimum atomic E-state index is -0.891. The quantitative estimate of drug-likeness (QED) is 0.157. The van der Waals surface area contributed by atoms with Gasteiger partial charge in [-0.25, -0.2) is 0 Å². The highest BCUT2D eigenvalue weighted by Gasteiger charge is 2.29. The molecule has 10 nitrogen and oxygen atoms in total. The van der Waals surface area contributed by atoms with Gasteiger partial charge in [-0.1, -0.05) is 48.5 Å². The molecule has 0 radical (unpaired) electrons. The number of amides is 2. The van der Waals surface area contributed by atoms with Gasteiger partial charge in [-0.2, -0.15) is 0 Å². The van der Waals surface area contributed by atoms with E-state index < -0.39 is 17.6 Å². The van der Waals surface area contributed by atoms with E-state index in [0.29, 0.717) is 19.6 Å². The maximum absolute atomic E-state index is 12.3. The van der Waals surface area contributed by atoms with Crippen molar-refractivity contribution in [2.24, 2.45) is 5.73 Å². The molecule has 0 fully saturated rings. The molecule has 210 valence electrons. The zero-order valence-electron chi connectivity index (χ0n) is 22.2. The van der Waals surface area contributed by atoms with Crippen LogP contribution in [0.3, 0.4) is 0 Å². The largest absolute Gasteiger partial charge is 0.505 e.